The van der Waals surface area contributed by atoms with Crippen molar-refractivity contribution < 1.29 is 19.4 Å². The van der Waals surface area contributed by atoms with Gasteiger partial charge in [0, 0.05) is 11.6 Å². The lowest BCUT2D eigenvalue weighted by atomic mass is 9.90. The summed E-state index contributed by atoms with van der Waals surface area (Å²) in [5, 5.41) is 11.2. The van der Waals surface area contributed by atoms with Crippen LogP contribution in [0.4, 0.5) is 4.79 Å². The summed E-state index contributed by atoms with van der Waals surface area (Å²) < 4.78 is 11.3. The predicted octanol–water partition coefficient (Wildman–Crippen LogP) is 3.48. The highest BCUT2D eigenvalue weighted by Gasteiger charge is 2.41. The first-order valence-corrected chi connectivity index (χ1v) is 8.07. The van der Waals surface area contributed by atoms with E-state index in [4.69, 9.17) is 21.1 Å². The Hall–Kier alpha value is -1.46. The number of halogens is 1. The molecule has 1 aliphatic rings. The van der Waals surface area contributed by atoms with Crippen LogP contribution in [0.1, 0.15) is 34.1 Å². The van der Waals surface area contributed by atoms with Crippen LogP contribution in [-0.4, -0.2) is 46.5 Å². The van der Waals surface area contributed by atoms with Gasteiger partial charge in [0.2, 0.25) is 0 Å². The Morgan fingerprint density at radius 3 is 2.52 bits per heavy atom. The average Bonchev–Trinajstić information content (AvgIpc) is 2.41. The van der Waals surface area contributed by atoms with Gasteiger partial charge in [0.25, 0.3) is 0 Å². The molecule has 0 bridgehead atoms. The maximum absolute atomic E-state index is 12.2. The van der Waals surface area contributed by atoms with Gasteiger partial charge in [-0.25, -0.2) is 4.79 Å². The minimum Gasteiger partial charge on any atom is -0.486 e. The van der Waals surface area contributed by atoms with Crippen LogP contribution in [0.5, 0.6) is 5.75 Å². The van der Waals surface area contributed by atoms with Crippen LogP contribution in [0.15, 0.2) is 24.3 Å². The fourth-order valence-electron chi connectivity index (χ4n) is 2.34. The number of amides is 1. The SMILES string of the molecule is CC(C)(C)OC(=O)N1CC[C@](C)(O)[C@@H](Oc2ccc(Cl)cc2)C1. The number of carbonyl (C=O) groups is 1. The number of benzene rings is 1. The van der Waals surface area contributed by atoms with Gasteiger partial charge in [0.15, 0.2) is 0 Å². The number of carbonyl (C=O) groups excluding carboxylic acids is 1. The molecule has 1 fully saturated rings. The maximum atomic E-state index is 12.2. The van der Waals surface area contributed by atoms with Crippen molar-refractivity contribution in [3.05, 3.63) is 29.3 Å². The van der Waals surface area contributed by atoms with Gasteiger partial charge in [0.1, 0.15) is 23.1 Å². The fraction of sp³-hybridized carbons (Fsp3) is 0.588. The lowest BCUT2D eigenvalue weighted by molar-refractivity contribution is -0.0949. The van der Waals surface area contributed by atoms with E-state index in [9.17, 15) is 9.90 Å². The third-order valence-corrected chi connectivity index (χ3v) is 3.96. The first-order chi connectivity index (χ1) is 10.6. The molecule has 0 spiro atoms. The van der Waals surface area contributed by atoms with Gasteiger partial charge in [-0.15, -0.1) is 0 Å². The smallest absolute Gasteiger partial charge is 0.410 e. The quantitative estimate of drug-likeness (QED) is 0.894. The molecule has 1 heterocycles. The predicted molar refractivity (Wildman–Crippen MR) is 88.9 cm³/mol. The molecule has 6 heteroatoms. The van der Waals surface area contributed by atoms with E-state index >= 15 is 0 Å². The molecule has 5 nitrogen and oxygen atoms in total. The largest absolute Gasteiger partial charge is 0.486 e. The number of rotatable bonds is 2. The van der Waals surface area contributed by atoms with Crippen LogP contribution >= 0.6 is 11.6 Å². The number of ether oxygens (including phenoxy) is 2. The van der Waals surface area contributed by atoms with Gasteiger partial charge in [-0.3, -0.25) is 0 Å². The van der Waals surface area contributed by atoms with Crippen LogP contribution in [0.2, 0.25) is 5.02 Å². The maximum Gasteiger partial charge on any atom is 0.410 e. The summed E-state index contributed by atoms with van der Waals surface area (Å²) >= 11 is 5.86. The van der Waals surface area contributed by atoms with Crippen molar-refractivity contribution in [2.24, 2.45) is 0 Å². The highest BCUT2D eigenvalue weighted by Crippen LogP contribution is 2.28. The van der Waals surface area contributed by atoms with Gasteiger partial charge in [0.05, 0.1) is 6.54 Å². The molecule has 0 radical (unpaired) electrons. The zero-order valence-corrected chi connectivity index (χ0v) is 14.8. The number of hydrogen-bond acceptors (Lipinski definition) is 4. The van der Waals surface area contributed by atoms with Crippen molar-refractivity contribution in [2.75, 3.05) is 13.1 Å². The third kappa shape index (κ3) is 5.01. The molecule has 1 aliphatic heterocycles. The number of aliphatic hydroxyl groups is 1. The lowest BCUT2D eigenvalue weighted by Crippen LogP contribution is -2.58. The zero-order valence-electron chi connectivity index (χ0n) is 14.0. The van der Waals surface area contributed by atoms with Gasteiger partial charge >= 0.3 is 6.09 Å². The molecule has 23 heavy (non-hydrogen) atoms. The Bertz CT molecular complexity index is 551. The molecule has 2 rings (SSSR count). The second-order valence-electron chi connectivity index (χ2n) is 7.09. The average molecular weight is 342 g/mol. The topological polar surface area (TPSA) is 59.0 Å². The first kappa shape index (κ1) is 17.9. The van der Waals surface area contributed by atoms with Crippen LogP contribution < -0.4 is 4.74 Å². The van der Waals surface area contributed by atoms with Crippen LogP contribution in [0.3, 0.4) is 0 Å². The Morgan fingerprint density at radius 2 is 1.96 bits per heavy atom. The molecule has 0 saturated carbocycles. The van der Waals surface area contributed by atoms with E-state index in [0.717, 1.165) is 0 Å². The molecule has 1 N–H and O–H groups in total. The molecule has 1 amide bonds. The molecule has 1 aromatic carbocycles. The third-order valence-electron chi connectivity index (χ3n) is 3.71. The van der Waals surface area contributed by atoms with E-state index < -0.39 is 23.4 Å². The van der Waals surface area contributed by atoms with E-state index in [1.54, 1.807) is 36.1 Å². The summed E-state index contributed by atoms with van der Waals surface area (Å²) in [6, 6.07) is 6.93. The Labute approximate surface area is 142 Å². The summed E-state index contributed by atoms with van der Waals surface area (Å²) in [5.74, 6) is 0.603. The van der Waals surface area contributed by atoms with E-state index in [2.05, 4.69) is 0 Å². The highest BCUT2D eigenvalue weighted by atomic mass is 35.5. The Morgan fingerprint density at radius 1 is 1.35 bits per heavy atom. The minimum atomic E-state index is -1.02. The number of piperidine rings is 1. The second-order valence-corrected chi connectivity index (χ2v) is 7.53. The summed E-state index contributed by atoms with van der Waals surface area (Å²) in [7, 11) is 0. The van der Waals surface area contributed by atoms with E-state index in [1.807, 2.05) is 20.8 Å². The van der Waals surface area contributed by atoms with Crippen molar-refractivity contribution in [3.8, 4) is 5.75 Å². The van der Waals surface area contributed by atoms with Crippen molar-refractivity contribution in [1.82, 2.24) is 4.90 Å². The lowest BCUT2D eigenvalue weighted by Gasteiger charge is -2.42. The molecule has 0 aromatic heterocycles. The molecular formula is C17H24ClNO4. The molecule has 128 valence electrons. The van der Waals surface area contributed by atoms with Gasteiger partial charge < -0.3 is 19.5 Å². The van der Waals surface area contributed by atoms with Crippen molar-refractivity contribution in [3.63, 3.8) is 0 Å². The second kappa shape index (κ2) is 6.57. The van der Waals surface area contributed by atoms with Crippen molar-refractivity contribution in [2.45, 2.75) is 51.4 Å². The number of likely N-dealkylation sites (tertiary alicyclic amines) is 1. The molecule has 0 unspecified atom stereocenters. The van der Waals surface area contributed by atoms with Crippen LogP contribution in [-0.2, 0) is 4.74 Å². The Balaban J connectivity index is 2.07. The molecule has 2 atom stereocenters. The molecular weight excluding hydrogens is 318 g/mol. The highest BCUT2D eigenvalue weighted by molar-refractivity contribution is 6.30. The summed E-state index contributed by atoms with van der Waals surface area (Å²) in [6.07, 6.45) is -0.507. The Kier molecular flexibility index (Phi) is 5.11. The van der Waals surface area contributed by atoms with E-state index in [1.165, 1.54) is 0 Å². The summed E-state index contributed by atoms with van der Waals surface area (Å²) in [6.45, 7) is 7.90. The summed E-state index contributed by atoms with van der Waals surface area (Å²) in [5.41, 5.74) is -1.57. The molecule has 1 aromatic rings. The number of nitrogens with zero attached hydrogens (tertiary/aromatic N) is 1. The molecule has 0 aliphatic carbocycles. The van der Waals surface area contributed by atoms with Crippen molar-refractivity contribution >= 4 is 17.7 Å². The van der Waals surface area contributed by atoms with E-state index in [0.29, 0.717) is 23.7 Å². The fourth-order valence-corrected chi connectivity index (χ4v) is 2.47. The van der Waals surface area contributed by atoms with Crippen molar-refractivity contribution in [1.29, 1.82) is 0 Å². The zero-order chi connectivity index (χ0) is 17.3. The van der Waals surface area contributed by atoms with E-state index in [-0.39, 0.29) is 6.54 Å². The minimum absolute atomic E-state index is 0.268. The normalized spacial score (nSPS) is 25.1. The monoisotopic (exact) mass is 341 g/mol. The van der Waals surface area contributed by atoms with Gasteiger partial charge in [-0.2, -0.15) is 0 Å². The van der Waals surface area contributed by atoms with Gasteiger partial charge in [-0.1, -0.05) is 11.6 Å². The van der Waals surface area contributed by atoms with Crippen LogP contribution in [0, 0.1) is 0 Å². The summed E-state index contributed by atoms with van der Waals surface area (Å²) in [4.78, 5) is 13.8. The first-order valence-electron chi connectivity index (χ1n) is 7.69. The van der Waals surface area contributed by atoms with Crippen LogP contribution in [0.25, 0.3) is 0 Å². The standard InChI is InChI=1S/C17H24ClNO4/c1-16(2,3)23-15(20)19-10-9-17(4,21)14(11-19)22-13-7-5-12(18)6-8-13/h5-8,14,21H,9-11H2,1-4H3/t14-,17-/m0/s1. The molecule has 1 saturated heterocycles. The number of hydrogen-bond donors (Lipinski definition) is 1. The van der Waals surface area contributed by atoms with Gasteiger partial charge in [-0.05, 0) is 58.4 Å².